The smallest absolute Gasteiger partial charge is 0.250 e. The van der Waals surface area contributed by atoms with Crippen LogP contribution >= 0.6 is 0 Å². The standard InChI is InChI=1S/C27H31N3O3/c1-3-13-30(14-4-15-31)27(33)24-16-23-12-11-22(17-25(23)29-26(28)18-24)21-9-7-20(8-10-21)6-5-19(2)32/h5-12,16-17,31H,3-4,13-15,18H2,1-2H3,(H2,28,29)/b6-5+. The number of hydrogen-bond donors (Lipinski definition) is 2. The molecule has 33 heavy (non-hydrogen) atoms. The fourth-order valence-electron chi connectivity index (χ4n) is 3.76. The molecule has 0 radical (unpaired) electrons. The summed E-state index contributed by atoms with van der Waals surface area (Å²) in [6.45, 7) is 4.75. The Balaban J connectivity index is 1.88. The van der Waals surface area contributed by atoms with Gasteiger partial charge in [-0.2, -0.15) is 0 Å². The van der Waals surface area contributed by atoms with Crippen molar-refractivity contribution in [1.29, 1.82) is 0 Å². The van der Waals surface area contributed by atoms with Gasteiger partial charge in [-0.1, -0.05) is 49.4 Å². The molecule has 0 saturated carbocycles. The molecule has 2 aromatic carbocycles. The predicted molar refractivity (Wildman–Crippen MR) is 134 cm³/mol. The van der Waals surface area contributed by atoms with Crippen molar-refractivity contribution < 1.29 is 14.7 Å². The van der Waals surface area contributed by atoms with E-state index in [1.165, 1.54) is 6.92 Å². The number of rotatable bonds is 9. The zero-order chi connectivity index (χ0) is 23.8. The number of carbonyl (C=O) groups is 2. The summed E-state index contributed by atoms with van der Waals surface area (Å²) >= 11 is 0. The molecule has 1 amide bonds. The van der Waals surface area contributed by atoms with Crippen molar-refractivity contribution in [2.45, 2.75) is 33.1 Å². The third-order valence-corrected chi connectivity index (χ3v) is 5.39. The highest BCUT2D eigenvalue weighted by Crippen LogP contribution is 2.32. The molecule has 0 fully saturated rings. The average molecular weight is 446 g/mol. The van der Waals surface area contributed by atoms with Crippen molar-refractivity contribution in [2.75, 3.05) is 19.7 Å². The average Bonchev–Trinajstić information content (AvgIpc) is 2.97. The van der Waals surface area contributed by atoms with Crippen molar-refractivity contribution in [3.63, 3.8) is 0 Å². The fourth-order valence-corrected chi connectivity index (χ4v) is 3.76. The first-order valence-corrected chi connectivity index (χ1v) is 11.3. The summed E-state index contributed by atoms with van der Waals surface area (Å²) in [5, 5.41) is 9.17. The number of benzene rings is 2. The topological polar surface area (TPSA) is 96.0 Å². The largest absolute Gasteiger partial charge is 0.396 e. The second kappa shape index (κ2) is 11.4. The molecule has 3 N–H and O–H groups in total. The lowest BCUT2D eigenvalue weighted by molar-refractivity contribution is -0.127. The van der Waals surface area contributed by atoms with Gasteiger partial charge >= 0.3 is 0 Å². The molecule has 3 rings (SSSR count). The van der Waals surface area contributed by atoms with Crippen LogP contribution in [0.3, 0.4) is 0 Å². The van der Waals surface area contributed by atoms with Crippen molar-refractivity contribution in [2.24, 2.45) is 10.7 Å². The Hall–Kier alpha value is -3.51. The lowest BCUT2D eigenvalue weighted by Gasteiger charge is -2.23. The Morgan fingerprint density at radius 2 is 1.85 bits per heavy atom. The summed E-state index contributed by atoms with van der Waals surface area (Å²) in [4.78, 5) is 30.6. The van der Waals surface area contributed by atoms with Gasteiger partial charge in [-0.15, -0.1) is 0 Å². The maximum absolute atomic E-state index is 13.2. The number of amides is 1. The van der Waals surface area contributed by atoms with Gasteiger partial charge in [0, 0.05) is 37.3 Å². The number of aliphatic imine (C=N–C) groups is 1. The number of fused-ring (bicyclic) bond motifs is 1. The molecule has 0 spiro atoms. The van der Waals surface area contributed by atoms with E-state index in [1.807, 2.05) is 55.5 Å². The molecular formula is C27H31N3O3. The van der Waals surface area contributed by atoms with E-state index in [-0.39, 0.29) is 18.3 Å². The van der Waals surface area contributed by atoms with Gasteiger partial charge in [-0.25, -0.2) is 4.99 Å². The number of carbonyl (C=O) groups excluding carboxylic acids is 2. The van der Waals surface area contributed by atoms with Gasteiger partial charge in [0.2, 0.25) is 5.91 Å². The van der Waals surface area contributed by atoms with Gasteiger partial charge in [0.1, 0.15) is 5.84 Å². The molecule has 6 nitrogen and oxygen atoms in total. The minimum Gasteiger partial charge on any atom is -0.396 e. The van der Waals surface area contributed by atoms with Crippen molar-refractivity contribution in [1.82, 2.24) is 4.90 Å². The molecule has 0 bridgehead atoms. The number of allylic oxidation sites excluding steroid dienone is 1. The predicted octanol–water partition coefficient (Wildman–Crippen LogP) is 4.35. The van der Waals surface area contributed by atoms with Crippen LogP contribution in [-0.2, 0) is 9.59 Å². The number of aliphatic hydroxyl groups excluding tert-OH is 1. The van der Waals surface area contributed by atoms with Crippen LogP contribution in [0.1, 0.15) is 44.2 Å². The van der Waals surface area contributed by atoms with E-state index < -0.39 is 0 Å². The molecule has 0 atom stereocenters. The maximum Gasteiger partial charge on any atom is 0.250 e. The van der Waals surface area contributed by atoms with Crippen LogP contribution in [0.4, 0.5) is 5.69 Å². The molecule has 2 aromatic rings. The van der Waals surface area contributed by atoms with E-state index in [4.69, 9.17) is 10.8 Å². The van der Waals surface area contributed by atoms with Gasteiger partial charge in [0.15, 0.2) is 5.78 Å². The van der Waals surface area contributed by atoms with Crippen molar-refractivity contribution in [3.8, 4) is 11.1 Å². The third-order valence-electron chi connectivity index (χ3n) is 5.39. The zero-order valence-corrected chi connectivity index (χ0v) is 19.3. The molecule has 1 aliphatic heterocycles. The molecule has 0 unspecified atom stereocenters. The number of ketones is 1. The van der Waals surface area contributed by atoms with E-state index in [0.717, 1.165) is 34.4 Å². The first-order chi connectivity index (χ1) is 15.9. The van der Waals surface area contributed by atoms with Crippen molar-refractivity contribution in [3.05, 3.63) is 65.2 Å². The lowest BCUT2D eigenvalue weighted by Crippen LogP contribution is -2.35. The van der Waals surface area contributed by atoms with Crippen LogP contribution < -0.4 is 5.73 Å². The maximum atomic E-state index is 13.2. The molecule has 0 aliphatic carbocycles. The second-order valence-corrected chi connectivity index (χ2v) is 8.16. The summed E-state index contributed by atoms with van der Waals surface area (Å²) in [6.07, 6.45) is 6.90. The molecular weight excluding hydrogens is 414 g/mol. The fraction of sp³-hybridized carbons (Fsp3) is 0.296. The van der Waals surface area contributed by atoms with Crippen LogP contribution in [0.2, 0.25) is 0 Å². The van der Waals surface area contributed by atoms with E-state index >= 15 is 0 Å². The number of nitrogens with zero attached hydrogens (tertiary/aromatic N) is 2. The van der Waals surface area contributed by atoms with Gasteiger partial charge in [-0.05, 0) is 54.7 Å². The first kappa shape index (κ1) is 24.1. The summed E-state index contributed by atoms with van der Waals surface area (Å²) < 4.78 is 0. The zero-order valence-electron chi connectivity index (χ0n) is 19.3. The van der Waals surface area contributed by atoms with Gasteiger partial charge in [0.25, 0.3) is 0 Å². The number of aliphatic hydroxyl groups is 1. The highest BCUT2D eigenvalue weighted by molar-refractivity contribution is 6.05. The molecule has 1 aliphatic rings. The number of amidine groups is 1. The minimum absolute atomic E-state index is 0.0115. The van der Waals surface area contributed by atoms with E-state index in [2.05, 4.69) is 4.99 Å². The first-order valence-electron chi connectivity index (χ1n) is 11.3. The van der Waals surface area contributed by atoms with Crippen LogP contribution in [-0.4, -0.2) is 47.2 Å². The summed E-state index contributed by atoms with van der Waals surface area (Å²) in [6, 6.07) is 13.9. The quantitative estimate of drug-likeness (QED) is 0.561. The monoisotopic (exact) mass is 445 g/mol. The summed E-state index contributed by atoms with van der Waals surface area (Å²) in [5.41, 5.74) is 11.3. The third kappa shape index (κ3) is 6.49. The Morgan fingerprint density at radius 3 is 2.52 bits per heavy atom. The Labute approximate surface area is 195 Å². The van der Waals surface area contributed by atoms with E-state index in [9.17, 15) is 9.59 Å². The Morgan fingerprint density at radius 1 is 1.12 bits per heavy atom. The van der Waals surface area contributed by atoms with E-state index in [0.29, 0.717) is 37.3 Å². The molecule has 172 valence electrons. The van der Waals surface area contributed by atoms with Crippen LogP contribution in [0, 0.1) is 0 Å². The van der Waals surface area contributed by atoms with Gasteiger partial charge in [0.05, 0.1) is 5.69 Å². The summed E-state index contributed by atoms with van der Waals surface area (Å²) in [7, 11) is 0. The van der Waals surface area contributed by atoms with Crippen molar-refractivity contribution >= 4 is 35.4 Å². The molecule has 6 heteroatoms. The molecule has 0 aromatic heterocycles. The number of nitrogens with two attached hydrogens (primary N) is 1. The SMILES string of the molecule is CCCN(CCCO)C(=O)C1=Cc2ccc(-c3ccc(/C=C/C(C)=O)cc3)cc2N=C(N)C1. The van der Waals surface area contributed by atoms with Crippen LogP contribution in [0.15, 0.2) is 59.1 Å². The Kier molecular flexibility index (Phi) is 8.33. The molecule has 0 saturated heterocycles. The van der Waals surface area contributed by atoms with Gasteiger partial charge in [-0.3, -0.25) is 9.59 Å². The lowest BCUT2D eigenvalue weighted by atomic mass is 10.00. The second-order valence-electron chi connectivity index (χ2n) is 8.16. The minimum atomic E-state index is -0.0606. The normalized spacial score (nSPS) is 13.2. The van der Waals surface area contributed by atoms with Crippen LogP contribution in [0.5, 0.6) is 0 Å². The van der Waals surface area contributed by atoms with Crippen LogP contribution in [0.25, 0.3) is 23.3 Å². The molecule has 1 heterocycles. The number of hydrogen-bond acceptors (Lipinski definition) is 5. The highest BCUT2D eigenvalue weighted by Gasteiger charge is 2.21. The Bertz CT molecular complexity index is 1100. The van der Waals surface area contributed by atoms with Gasteiger partial charge < -0.3 is 15.7 Å². The highest BCUT2D eigenvalue weighted by atomic mass is 16.3. The van der Waals surface area contributed by atoms with E-state index in [1.54, 1.807) is 17.1 Å². The summed E-state index contributed by atoms with van der Waals surface area (Å²) in [5.74, 6) is 0.348.